The fraction of sp³-hybridized carbons (Fsp3) is 0.538. The quantitative estimate of drug-likeness (QED) is 0.580. The van der Waals surface area contributed by atoms with Crippen LogP contribution in [-0.2, 0) is 9.47 Å². The van der Waals surface area contributed by atoms with Crippen LogP contribution in [0.2, 0.25) is 0 Å². The van der Waals surface area contributed by atoms with Gasteiger partial charge in [-0.15, -0.1) is 11.6 Å². The molecule has 2 rings (SSSR count). The van der Waals surface area contributed by atoms with Crippen molar-refractivity contribution in [3.05, 3.63) is 28.5 Å². The zero-order valence-corrected chi connectivity index (χ0v) is 12.8. The van der Waals surface area contributed by atoms with E-state index in [1.54, 1.807) is 19.2 Å². The van der Waals surface area contributed by atoms with Gasteiger partial charge >= 0.3 is 0 Å². The van der Waals surface area contributed by atoms with Crippen LogP contribution in [0, 0.1) is 5.82 Å². The lowest BCUT2D eigenvalue weighted by atomic mass is 9.91. The van der Waals surface area contributed by atoms with Crippen molar-refractivity contribution in [2.24, 2.45) is 0 Å². The summed E-state index contributed by atoms with van der Waals surface area (Å²) in [4.78, 5) is 0. The number of rotatable bonds is 6. The Kier molecular flexibility index (Phi) is 5.45. The molecule has 0 saturated heterocycles. The van der Waals surface area contributed by atoms with Crippen LogP contribution in [0.4, 0.5) is 4.39 Å². The summed E-state index contributed by atoms with van der Waals surface area (Å²) in [6.07, 6.45) is 0.198. The molecule has 1 aromatic carbocycles. The Balaban J connectivity index is 1.93. The molecule has 1 aliphatic rings. The number of alkyl halides is 1. The molecule has 3 atom stereocenters. The molecule has 19 heavy (non-hydrogen) atoms. The molecule has 0 aliphatic heterocycles. The Hall–Kier alpha value is -0.360. The fourth-order valence-electron chi connectivity index (χ4n) is 1.85. The molecule has 1 fully saturated rings. The fourth-order valence-corrected chi connectivity index (χ4v) is 2.60. The minimum absolute atomic E-state index is 0.0999. The Morgan fingerprint density at radius 2 is 2.21 bits per heavy atom. The number of methoxy groups -OCH3 is 1. The summed E-state index contributed by atoms with van der Waals surface area (Å²) >= 11 is 9.36. The molecule has 106 valence electrons. The van der Waals surface area contributed by atoms with Gasteiger partial charge in [-0.05, 0) is 18.2 Å². The first-order valence-electron chi connectivity index (χ1n) is 5.98. The van der Waals surface area contributed by atoms with Gasteiger partial charge in [0.25, 0.3) is 0 Å². The Labute approximate surface area is 125 Å². The topological polar surface area (TPSA) is 27.7 Å². The second-order valence-corrected chi connectivity index (χ2v) is 5.79. The van der Waals surface area contributed by atoms with Crippen molar-refractivity contribution in [1.29, 1.82) is 0 Å². The van der Waals surface area contributed by atoms with Crippen molar-refractivity contribution in [1.82, 2.24) is 0 Å². The van der Waals surface area contributed by atoms with Gasteiger partial charge in [0, 0.05) is 18.0 Å². The third-order valence-corrected chi connectivity index (χ3v) is 3.87. The minimum Gasteiger partial charge on any atom is -0.484 e. The molecular weight excluding hydrogens is 338 g/mol. The lowest BCUT2D eigenvalue weighted by molar-refractivity contribution is -0.0907. The van der Waals surface area contributed by atoms with Crippen LogP contribution in [0.25, 0.3) is 0 Å². The minimum atomic E-state index is -0.392. The van der Waals surface area contributed by atoms with Crippen molar-refractivity contribution in [3.63, 3.8) is 0 Å². The lowest BCUT2D eigenvalue weighted by Gasteiger charge is -2.40. The van der Waals surface area contributed by atoms with Gasteiger partial charge in [0.2, 0.25) is 0 Å². The maximum Gasteiger partial charge on any atom is 0.165 e. The summed E-state index contributed by atoms with van der Waals surface area (Å²) < 4.78 is 30.4. The van der Waals surface area contributed by atoms with Gasteiger partial charge in [-0.2, -0.15) is 0 Å². The predicted octanol–water partition coefficient (Wildman–Crippen LogP) is 3.38. The third kappa shape index (κ3) is 3.81. The average molecular weight is 354 g/mol. The first-order chi connectivity index (χ1) is 9.11. The largest absolute Gasteiger partial charge is 0.484 e. The van der Waals surface area contributed by atoms with Crippen molar-refractivity contribution in [2.45, 2.75) is 24.0 Å². The number of hydrogen-bond donors (Lipinski definition) is 0. The van der Waals surface area contributed by atoms with Gasteiger partial charge in [-0.1, -0.05) is 15.9 Å². The van der Waals surface area contributed by atoms with E-state index < -0.39 is 5.82 Å². The standard InChI is InChI=1S/C13H15BrClFO3/c1-17-4-5-18-13-9(15)7-12(13)19-11-6-8(14)2-3-10(11)16/h2-3,6,9,12-13H,4-5,7H2,1H3. The Morgan fingerprint density at radius 1 is 1.42 bits per heavy atom. The first-order valence-corrected chi connectivity index (χ1v) is 7.21. The molecule has 6 heteroatoms. The lowest BCUT2D eigenvalue weighted by Crippen LogP contribution is -2.53. The average Bonchev–Trinajstić information content (AvgIpc) is 2.38. The molecule has 3 unspecified atom stereocenters. The molecule has 0 spiro atoms. The molecule has 0 radical (unpaired) electrons. The highest BCUT2D eigenvalue weighted by molar-refractivity contribution is 9.10. The van der Waals surface area contributed by atoms with Gasteiger partial charge in [-0.25, -0.2) is 4.39 Å². The summed E-state index contributed by atoms with van der Waals surface area (Å²) in [6.45, 7) is 0.948. The predicted molar refractivity (Wildman–Crippen MR) is 74.4 cm³/mol. The van der Waals surface area contributed by atoms with E-state index in [1.807, 2.05) is 0 Å². The highest BCUT2D eigenvalue weighted by atomic mass is 79.9. The van der Waals surface area contributed by atoms with Crippen LogP contribution in [0.15, 0.2) is 22.7 Å². The van der Waals surface area contributed by atoms with Crippen LogP contribution in [-0.4, -0.2) is 37.9 Å². The second kappa shape index (κ2) is 6.88. The molecular formula is C13H15BrClFO3. The summed E-state index contributed by atoms with van der Waals surface area (Å²) in [7, 11) is 1.60. The number of benzene rings is 1. The van der Waals surface area contributed by atoms with Gasteiger partial charge in [0.15, 0.2) is 11.6 Å². The molecule has 1 aromatic rings. The van der Waals surface area contributed by atoms with Crippen LogP contribution in [0.1, 0.15) is 6.42 Å². The van der Waals surface area contributed by atoms with E-state index in [4.69, 9.17) is 25.8 Å². The number of halogens is 3. The van der Waals surface area contributed by atoms with Crippen LogP contribution in [0.3, 0.4) is 0 Å². The van der Waals surface area contributed by atoms with Gasteiger partial charge in [-0.3, -0.25) is 0 Å². The van der Waals surface area contributed by atoms with Gasteiger partial charge < -0.3 is 14.2 Å². The maximum atomic E-state index is 13.6. The Morgan fingerprint density at radius 3 is 2.89 bits per heavy atom. The molecule has 0 N–H and O–H groups in total. The number of hydrogen-bond acceptors (Lipinski definition) is 3. The summed E-state index contributed by atoms with van der Waals surface area (Å²) in [6, 6.07) is 4.58. The second-order valence-electron chi connectivity index (χ2n) is 4.31. The highest BCUT2D eigenvalue weighted by Crippen LogP contribution is 2.34. The summed E-state index contributed by atoms with van der Waals surface area (Å²) in [5.74, 6) is -0.180. The highest BCUT2D eigenvalue weighted by Gasteiger charge is 2.43. The zero-order chi connectivity index (χ0) is 13.8. The van der Waals surface area contributed by atoms with E-state index in [0.29, 0.717) is 19.6 Å². The maximum absolute atomic E-state index is 13.6. The smallest absolute Gasteiger partial charge is 0.165 e. The van der Waals surface area contributed by atoms with E-state index in [9.17, 15) is 4.39 Å². The van der Waals surface area contributed by atoms with E-state index in [2.05, 4.69) is 15.9 Å². The Bertz CT molecular complexity index is 432. The molecule has 0 aromatic heterocycles. The van der Waals surface area contributed by atoms with Crippen LogP contribution < -0.4 is 4.74 Å². The summed E-state index contributed by atoms with van der Waals surface area (Å²) in [5, 5.41) is -0.0999. The van der Waals surface area contributed by atoms with Crippen LogP contribution >= 0.6 is 27.5 Å². The molecule has 1 aliphatic carbocycles. The van der Waals surface area contributed by atoms with Crippen molar-refractivity contribution >= 4 is 27.5 Å². The van der Waals surface area contributed by atoms with E-state index in [0.717, 1.165) is 4.47 Å². The SMILES string of the molecule is COCCOC1C(Cl)CC1Oc1cc(Br)ccc1F. The monoisotopic (exact) mass is 352 g/mol. The van der Waals surface area contributed by atoms with E-state index in [-0.39, 0.29) is 23.3 Å². The third-order valence-electron chi connectivity index (χ3n) is 2.95. The van der Waals surface area contributed by atoms with Gasteiger partial charge in [0.1, 0.15) is 12.2 Å². The van der Waals surface area contributed by atoms with E-state index in [1.165, 1.54) is 6.07 Å². The zero-order valence-electron chi connectivity index (χ0n) is 10.4. The van der Waals surface area contributed by atoms with Gasteiger partial charge in [0.05, 0.1) is 18.6 Å². The molecule has 0 amide bonds. The molecule has 0 heterocycles. The first kappa shape index (κ1) is 15.0. The molecule has 3 nitrogen and oxygen atoms in total. The van der Waals surface area contributed by atoms with Crippen molar-refractivity contribution in [2.75, 3.05) is 20.3 Å². The molecule has 1 saturated carbocycles. The van der Waals surface area contributed by atoms with Crippen LogP contribution in [0.5, 0.6) is 5.75 Å². The normalized spacial score (nSPS) is 26.0. The van der Waals surface area contributed by atoms with Crippen molar-refractivity contribution in [3.8, 4) is 5.75 Å². The number of ether oxygens (including phenoxy) is 3. The van der Waals surface area contributed by atoms with E-state index >= 15 is 0 Å². The summed E-state index contributed by atoms with van der Waals surface area (Å²) in [5.41, 5.74) is 0. The van der Waals surface area contributed by atoms with Crippen molar-refractivity contribution < 1.29 is 18.6 Å². The molecule has 0 bridgehead atoms.